The highest BCUT2D eigenvalue weighted by molar-refractivity contribution is 6.01. The van der Waals surface area contributed by atoms with Crippen molar-refractivity contribution in [2.75, 3.05) is 6.54 Å². The molecule has 12 atom stereocenters. The number of imidazole rings is 1. The Morgan fingerprint density at radius 2 is 0.762 bits per heavy atom. The first-order chi connectivity index (χ1) is 49.5. The van der Waals surface area contributed by atoms with Crippen molar-refractivity contribution >= 4 is 101 Å². The second kappa shape index (κ2) is 44.8. The average molecular weight is 1480 g/mol. The molecule has 1 heterocycles. The van der Waals surface area contributed by atoms with Crippen LogP contribution in [-0.4, -0.2) is 215 Å². The third-order valence-electron chi connectivity index (χ3n) is 15.8. The maximum atomic E-state index is 14.7. The van der Waals surface area contributed by atoms with Crippen LogP contribution < -0.4 is 75.7 Å². The lowest BCUT2D eigenvalue weighted by atomic mass is 10.0. The Balaban J connectivity index is 1.96. The second-order valence-corrected chi connectivity index (χ2v) is 25.7. The van der Waals surface area contributed by atoms with E-state index in [1.807, 2.05) is 0 Å². The first-order valence-electron chi connectivity index (χ1n) is 33.7. The van der Waals surface area contributed by atoms with Crippen LogP contribution in [-0.2, 0) is 101 Å². The molecule has 0 saturated heterocycles. The van der Waals surface area contributed by atoms with Crippen LogP contribution in [0, 0.1) is 11.8 Å². The van der Waals surface area contributed by atoms with E-state index in [0.29, 0.717) is 12.0 Å². The molecule has 0 saturated carbocycles. The van der Waals surface area contributed by atoms with Crippen molar-refractivity contribution in [3.05, 3.63) is 90.0 Å². The SMILES string of the molecule is CC(C)C[C@H](NC(=O)[C@H](CC(=O)O)NC(=O)[C@H](CCC(=O)O)NC(=O)[C@H](C)NC(=O)[C@H](CCC(=O)O)NC(=O)[C@H](Cc1c[nH]cn1)NC(=O)[C@H](CC(N)=O)NC(=O)[C@H](Cc1ccccc1)NC(=O)[C@H](CCCCN)NC(=O)[C@H](CC(=O)O)NC(=O)[C@H](CC(C)C)NC(=O)[C@@H](N)Cc1ccccc1)C(=O)O. The van der Waals surface area contributed by atoms with Gasteiger partial charge in [0.25, 0.3) is 0 Å². The summed E-state index contributed by atoms with van der Waals surface area (Å²) in [7, 11) is 0. The Hall–Kier alpha value is -11.4. The minimum absolute atomic E-state index is 0.0182. The zero-order valence-corrected chi connectivity index (χ0v) is 58.7. The summed E-state index contributed by atoms with van der Waals surface area (Å²) in [6.07, 6.45) is -4.28. The number of primary amides is 1. The molecule has 0 aliphatic rings. The van der Waals surface area contributed by atoms with Crippen molar-refractivity contribution in [2.24, 2.45) is 29.0 Å². The summed E-state index contributed by atoms with van der Waals surface area (Å²) >= 11 is 0. The summed E-state index contributed by atoms with van der Waals surface area (Å²) in [4.78, 5) is 233. The molecule has 0 aliphatic heterocycles. The van der Waals surface area contributed by atoms with Crippen molar-refractivity contribution in [1.82, 2.24) is 68.5 Å². The van der Waals surface area contributed by atoms with Crippen LogP contribution in [0.5, 0.6) is 0 Å². The van der Waals surface area contributed by atoms with E-state index >= 15 is 0 Å². The topological polar surface area (TPSA) is 630 Å². The highest BCUT2D eigenvalue weighted by Crippen LogP contribution is 2.14. The number of nitrogens with two attached hydrogens (primary N) is 3. The molecule has 0 unspecified atom stereocenters. The molecule has 1 aromatic heterocycles. The third-order valence-corrected chi connectivity index (χ3v) is 15.8. The standard InChI is InChI=1S/C67H96N16O22/c1-34(2)24-44(77-57(94)40(69)26-37-14-8-6-9-15-37)61(98)82-48(30-54(89)90)65(102)75-41(18-12-13-23-68)59(96)78-45(27-38-16-10-7-11-17-38)62(99)80-47(29-51(70)84)64(101)79-46(28-39-32-71-33-72-39)63(100)76-42(19-21-52(85)86)58(95)73-36(5)56(93)74-43(20-22-53(87)88)60(97)81-49(31-55(91)92)66(103)83-50(67(104)105)25-35(3)4/h6-11,14-17,32-36,40-50H,12-13,18-31,68-69H2,1-5H3,(H2,70,84)(H,71,72)(H,73,95)(H,74,93)(H,75,102)(H,76,100)(H,77,94)(H,78,96)(H,79,101)(H,80,99)(H,81,97)(H,82,98)(H,83,103)(H,85,86)(H,87,88)(H,89,90)(H,91,92)(H,104,105)/t36-,40-,41-,42-,43-,44-,45-,46-,47-,48-,49-,50-/m0/s1. The second-order valence-electron chi connectivity index (χ2n) is 25.7. The molecule has 0 aliphatic carbocycles. The fourth-order valence-corrected chi connectivity index (χ4v) is 10.4. The van der Waals surface area contributed by atoms with E-state index in [9.17, 15) is 107 Å². The number of hydrogen-bond acceptors (Lipinski definition) is 20. The van der Waals surface area contributed by atoms with Gasteiger partial charge in [0, 0.05) is 31.9 Å². The van der Waals surface area contributed by atoms with E-state index < -0.39 is 225 Å². The molecule has 2 aromatic carbocycles. The summed E-state index contributed by atoms with van der Waals surface area (Å²) in [5.74, 6) is -22.0. The van der Waals surface area contributed by atoms with Gasteiger partial charge in [-0.05, 0) is 87.8 Å². The number of H-pyrrole nitrogens is 1. The number of benzene rings is 2. The van der Waals surface area contributed by atoms with Crippen molar-refractivity contribution in [3.63, 3.8) is 0 Å². The molecule has 38 nitrogen and oxygen atoms in total. The van der Waals surface area contributed by atoms with Gasteiger partial charge in [-0.3, -0.25) is 76.7 Å². The number of aliphatic carboxylic acids is 5. The van der Waals surface area contributed by atoms with E-state index in [1.165, 1.54) is 12.5 Å². The Labute approximate surface area is 603 Å². The molecule has 0 bridgehead atoms. The number of carboxylic acid groups (broad SMARTS) is 5. The number of aromatic amines is 1. The monoisotopic (exact) mass is 1480 g/mol. The maximum Gasteiger partial charge on any atom is 0.326 e. The third kappa shape index (κ3) is 33.5. The van der Waals surface area contributed by atoms with Gasteiger partial charge in [0.05, 0.1) is 37.3 Å². The smallest absolute Gasteiger partial charge is 0.326 e. The minimum atomic E-state index is -1.99. The van der Waals surface area contributed by atoms with Gasteiger partial charge in [-0.2, -0.15) is 0 Å². The fraction of sp³-hybridized carbons (Fsp3) is 0.522. The summed E-state index contributed by atoms with van der Waals surface area (Å²) in [6.45, 7) is 7.93. The van der Waals surface area contributed by atoms with E-state index in [1.54, 1.807) is 88.4 Å². The quantitative estimate of drug-likeness (QED) is 0.0239. The van der Waals surface area contributed by atoms with Gasteiger partial charge in [0.2, 0.25) is 70.9 Å². The summed E-state index contributed by atoms with van der Waals surface area (Å²) in [5.41, 5.74) is 18.8. The molecular formula is C67H96N16O22. The summed E-state index contributed by atoms with van der Waals surface area (Å²) in [6, 6.07) is -3.68. The number of carboxylic acids is 5. The Morgan fingerprint density at radius 1 is 0.400 bits per heavy atom. The molecule has 38 heteroatoms. The van der Waals surface area contributed by atoms with Crippen LogP contribution >= 0.6 is 0 Å². The Bertz CT molecular complexity index is 3490. The number of hydrogen-bond donors (Lipinski definition) is 20. The molecule has 3 rings (SSSR count). The van der Waals surface area contributed by atoms with Crippen molar-refractivity contribution < 1.29 is 107 Å². The Morgan fingerprint density at radius 3 is 1.18 bits per heavy atom. The molecule has 12 amide bonds. The Kier molecular flexibility index (Phi) is 37.5. The molecule has 576 valence electrons. The van der Waals surface area contributed by atoms with Crippen LogP contribution in [0.3, 0.4) is 0 Å². The zero-order valence-electron chi connectivity index (χ0n) is 58.7. The number of amides is 12. The molecule has 0 spiro atoms. The molecule has 105 heavy (non-hydrogen) atoms. The molecular weight excluding hydrogens is 1380 g/mol. The average Bonchev–Trinajstić information content (AvgIpc) is 1.31. The largest absolute Gasteiger partial charge is 0.481 e. The number of nitrogens with one attached hydrogen (secondary N) is 12. The minimum Gasteiger partial charge on any atom is -0.481 e. The number of nitrogens with zero attached hydrogens (tertiary/aromatic N) is 1. The summed E-state index contributed by atoms with van der Waals surface area (Å²) < 4.78 is 0. The number of carbonyl (C=O) groups is 17. The van der Waals surface area contributed by atoms with Crippen LogP contribution in [0.15, 0.2) is 73.2 Å². The van der Waals surface area contributed by atoms with Gasteiger partial charge in [-0.1, -0.05) is 88.4 Å². The molecule has 0 radical (unpaired) electrons. The van der Waals surface area contributed by atoms with Crippen LogP contribution in [0.25, 0.3) is 0 Å². The van der Waals surface area contributed by atoms with Gasteiger partial charge >= 0.3 is 29.8 Å². The van der Waals surface area contributed by atoms with E-state index in [2.05, 4.69) is 68.5 Å². The number of carbonyl (C=O) groups excluding carboxylic acids is 12. The fourth-order valence-electron chi connectivity index (χ4n) is 10.4. The predicted octanol–water partition coefficient (Wildman–Crippen LogP) is -4.02. The lowest BCUT2D eigenvalue weighted by Crippen LogP contribution is -2.61. The number of rotatable bonds is 49. The van der Waals surface area contributed by atoms with Crippen LogP contribution in [0.1, 0.15) is 128 Å². The van der Waals surface area contributed by atoms with Crippen molar-refractivity contribution in [1.29, 1.82) is 0 Å². The lowest BCUT2D eigenvalue weighted by Gasteiger charge is -2.28. The first-order valence-corrected chi connectivity index (χ1v) is 33.7. The zero-order chi connectivity index (χ0) is 78.6. The van der Waals surface area contributed by atoms with Gasteiger partial charge in [-0.15, -0.1) is 0 Å². The van der Waals surface area contributed by atoms with E-state index in [-0.39, 0.29) is 62.6 Å². The first kappa shape index (κ1) is 87.8. The van der Waals surface area contributed by atoms with Gasteiger partial charge in [-0.25, -0.2) is 9.78 Å². The summed E-state index contributed by atoms with van der Waals surface area (Å²) in [5, 5.41) is 74.0. The van der Waals surface area contributed by atoms with Crippen LogP contribution in [0.4, 0.5) is 0 Å². The molecule has 3 aromatic rings. The highest BCUT2D eigenvalue weighted by atomic mass is 16.4. The lowest BCUT2D eigenvalue weighted by molar-refractivity contribution is -0.144. The highest BCUT2D eigenvalue weighted by Gasteiger charge is 2.38. The van der Waals surface area contributed by atoms with Crippen molar-refractivity contribution in [3.8, 4) is 0 Å². The maximum absolute atomic E-state index is 14.7. The van der Waals surface area contributed by atoms with Crippen molar-refractivity contribution in [2.45, 2.75) is 203 Å². The van der Waals surface area contributed by atoms with E-state index in [4.69, 9.17) is 17.2 Å². The van der Waals surface area contributed by atoms with Gasteiger partial charge in [0.15, 0.2) is 0 Å². The molecule has 0 fully saturated rings. The van der Waals surface area contributed by atoms with Crippen LogP contribution in [0.2, 0.25) is 0 Å². The van der Waals surface area contributed by atoms with Gasteiger partial charge in [0.1, 0.15) is 66.5 Å². The van der Waals surface area contributed by atoms with Gasteiger partial charge < -0.3 is 106 Å². The number of aromatic nitrogens is 2. The normalized spacial score (nSPS) is 14.5. The predicted molar refractivity (Wildman–Crippen MR) is 369 cm³/mol. The van der Waals surface area contributed by atoms with E-state index in [0.717, 1.165) is 12.5 Å². The molecule has 23 N–H and O–H groups in total. The number of unbranched alkanes of at least 4 members (excludes halogenated alkanes) is 1.